The maximum absolute atomic E-state index is 14.8. The van der Waals surface area contributed by atoms with E-state index in [1.807, 2.05) is 0 Å². The third-order valence-corrected chi connectivity index (χ3v) is 6.21. The summed E-state index contributed by atoms with van der Waals surface area (Å²) in [7, 11) is 0. The van der Waals surface area contributed by atoms with Crippen LogP contribution in [0.5, 0.6) is 0 Å². The average Bonchev–Trinajstić information content (AvgIpc) is 3.43. The predicted molar refractivity (Wildman–Crippen MR) is 119 cm³/mol. The van der Waals surface area contributed by atoms with Crippen molar-refractivity contribution in [1.29, 1.82) is 0 Å². The average molecular weight is 528 g/mol. The number of nitrogens with one attached hydrogen (secondary N) is 1. The van der Waals surface area contributed by atoms with E-state index in [4.69, 9.17) is 9.47 Å². The van der Waals surface area contributed by atoms with Crippen LogP contribution in [0.1, 0.15) is 30.0 Å². The molecule has 4 rings (SSSR count). The van der Waals surface area contributed by atoms with Crippen molar-refractivity contribution in [3.8, 4) is 0 Å². The van der Waals surface area contributed by atoms with Crippen LogP contribution in [-0.2, 0) is 14.3 Å². The number of amidine groups is 1. The number of carbonyl (C=O) groups is 2. The van der Waals surface area contributed by atoms with E-state index < -0.39 is 61.3 Å². The van der Waals surface area contributed by atoms with Crippen LogP contribution >= 0.6 is 11.3 Å². The second kappa shape index (κ2) is 10.2. The highest BCUT2D eigenvalue weighted by atomic mass is 32.1. The first kappa shape index (κ1) is 25.6. The first-order valence-electron chi connectivity index (χ1n) is 10.7. The molecule has 0 aliphatic carbocycles. The Morgan fingerprint density at radius 1 is 1.33 bits per heavy atom. The first-order chi connectivity index (χ1) is 17.1. The molecule has 0 spiro atoms. The van der Waals surface area contributed by atoms with Gasteiger partial charge in [-0.05, 0) is 13.0 Å². The fourth-order valence-electron chi connectivity index (χ4n) is 3.94. The summed E-state index contributed by atoms with van der Waals surface area (Å²) in [5.41, 5.74) is -0.203. The van der Waals surface area contributed by atoms with E-state index in [1.165, 1.54) is 24.5 Å². The number of ether oxygens (including phenoxy) is 2. The molecule has 2 N–H and O–H groups in total. The number of carboxylic acid groups (broad SMARTS) is 1. The Balaban J connectivity index is 1.82. The summed E-state index contributed by atoms with van der Waals surface area (Å²) in [5, 5.41) is 14.3. The summed E-state index contributed by atoms with van der Waals surface area (Å²) in [6.07, 6.45) is -0.603. The molecule has 14 heteroatoms. The van der Waals surface area contributed by atoms with Crippen LogP contribution in [-0.4, -0.2) is 64.6 Å². The van der Waals surface area contributed by atoms with E-state index in [2.05, 4.69) is 15.3 Å². The monoisotopic (exact) mass is 528 g/mol. The summed E-state index contributed by atoms with van der Waals surface area (Å²) >= 11 is 1.17. The van der Waals surface area contributed by atoms with Gasteiger partial charge < -0.3 is 19.9 Å². The number of carboxylic acids is 1. The number of hydrogen-bond donors (Lipinski definition) is 2. The second-order valence-corrected chi connectivity index (χ2v) is 8.85. The van der Waals surface area contributed by atoms with E-state index in [9.17, 15) is 32.3 Å². The van der Waals surface area contributed by atoms with E-state index in [1.54, 1.807) is 5.38 Å². The summed E-state index contributed by atoms with van der Waals surface area (Å²) < 4.78 is 66.9. The highest BCUT2D eigenvalue weighted by Crippen LogP contribution is 2.37. The van der Waals surface area contributed by atoms with E-state index >= 15 is 0 Å². The highest BCUT2D eigenvalue weighted by molar-refractivity contribution is 7.11. The SMILES string of the molecule is CCOC(=O)OC1=C(CN2CC(F)(F)C[C@H]2C(=O)O)NC(c2nccs2)=N[C@@H]1c1ccc(F)cc1F. The molecule has 0 amide bonds. The molecule has 36 heavy (non-hydrogen) atoms. The molecule has 1 fully saturated rings. The molecule has 1 saturated heterocycles. The topological polar surface area (TPSA) is 113 Å². The van der Waals surface area contributed by atoms with Gasteiger partial charge in [0.05, 0.1) is 18.8 Å². The third kappa shape index (κ3) is 5.49. The number of carbonyl (C=O) groups excluding carboxylic acids is 1. The van der Waals surface area contributed by atoms with Crippen LogP contribution in [0.3, 0.4) is 0 Å². The lowest BCUT2D eigenvalue weighted by atomic mass is 10.0. The van der Waals surface area contributed by atoms with Crippen molar-refractivity contribution >= 4 is 29.3 Å². The number of aromatic nitrogens is 1. The number of rotatable bonds is 7. The minimum atomic E-state index is -3.27. The Morgan fingerprint density at radius 2 is 2.11 bits per heavy atom. The molecule has 0 unspecified atom stereocenters. The Kier molecular flexibility index (Phi) is 7.26. The fourth-order valence-corrected chi connectivity index (χ4v) is 4.53. The van der Waals surface area contributed by atoms with Crippen LogP contribution in [0.15, 0.2) is 46.2 Å². The zero-order valence-electron chi connectivity index (χ0n) is 18.7. The molecule has 2 aliphatic rings. The van der Waals surface area contributed by atoms with Gasteiger partial charge in [0.1, 0.15) is 23.7 Å². The molecular weight excluding hydrogens is 508 g/mol. The molecule has 3 heterocycles. The van der Waals surface area contributed by atoms with Crippen LogP contribution in [0.4, 0.5) is 22.4 Å². The highest BCUT2D eigenvalue weighted by Gasteiger charge is 2.49. The van der Waals surface area contributed by atoms with Crippen LogP contribution in [0.25, 0.3) is 0 Å². The number of alkyl halides is 2. The van der Waals surface area contributed by atoms with Crippen molar-refractivity contribution in [2.45, 2.75) is 31.4 Å². The normalized spacial score (nSPS) is 21.6. The Labute approximate surface area is 206 Å². The largest absolute Gasteiger partial charge is 0.513 e. The summed E-state index contributed by atoms with van der Waals surface area (Å²) in [4.78, 5) is 33.5. The number of aliphatic imine (C=N–C) groups is 1. The van der Waals surface area contributed by atoms with Gasteiger partial charge in [-0.15, -0.1) is 11.3 Å². The maximum Gasteiger partial charge on any atom is 0.513 e. The molecule has 1 aromatic heterocycles. The van der Waals surface area contributed by atoms with Crippen molar-refractivity contribution in [1.82, 2.24) is 15.2 Å². The first-order valence-corrected chi connectivity index (χ1v) is 11.6. The van der Waals surface area contributed by atoms with E-state index in [-0.39, 0.29) is 29.5 Å². The van der Waals surface area contributed by atoms with Gasteiger partial charge in [-0.3, -0.25) is 9.69 Å². The minimum absolute atomic E-state index is 0.0269. The molecule has 1 aromatic carbocycles. The van der Waals surface area contributed by atoms with E-state index in [0.29, 0.717) is 11.1 Å². The Bertz CT molecular complexity index is 1220. The Hall–Kier alpha value is -3.52. The van der Waals surface area contributed by atoms with Gasteiger partial charge in [0.2, 0.25) is 0 Å². The van der Waals surface area contributed by atoms with Gasteiger partial charge in [-0.1, -0.05) is 6.07 Å². The van der Waals surface area contributed by atoms with Crippen molar-refractivity contribution in [3.05, 3.63) is 63.4 Å². The quantitative estimate of drug-likeness (QED) is 0.413. The van der Waals surface area contributed by atoms with Gasteiger partial charge in [0.15, 0.2) is 16.6 Å². The number of thiazole rings is 1. The molecule has 2 atom stereocenters. The molecule has 192 valence electrons. The second-order valence-electron chi connectivity index (χ2n) is 7.96. The summed E-state index contributed by atoms with van der Waals surface area (Å²) in [5.74, 6) is -6.78. The lowest BCUT2D eigenvalue weighted by Gasteiger charge is -2.30. The number of benzene rings is 1. The minimum Gasteiger partial charge on any atom is -0.480 e. The number of halogens is 4. The molecule has 9 nitrogen and oxygen atoms in total. The molecule has 2 aromatic rings. The third-order valence-electron chi connectivity index (χ3n) is 5.43. The fraction of sp³-hybridized carbons (Fsp3) is 0.364. The molecule has 0 bridgehead atoms. The predicted octanol–water partition coefficient (Wildman–Crippen LogP) is 3.69. The van der Waals surface area contributed by atoms with Gasteiger partial charge in [-0.2, -0.15) is 0 Å². The molecule has 0 saturated carbocycles. The van der Waals surface area contributed by atoms with Crippen molar-refractivity contribution in [2.24, 2.45) is 4.99 Å². The molecule has 0 radical (unpaired) electrons. The lowest BCUT2D eigenvalue weighted by Crippen LogP contribution is -2.43. The van der Waals surface area contributed by atoms with Gasteiger partial charge in [-0.25, -0.2) is 32.3 Å². The number of likely N-dealkylation sites (tertiary alicyclic amines) is 1. The van der Waals surface area contributed by atoms with Crippen molar-refractivity contribution < 1.29 is 41.7 Å². The van der Waals surface area contributed by atoms with Crippen LogP contribution < -0.4 is 5.32 Å². The van der Waals surface area contributed by atoms with Gasteiger partial charge in [0, 0.05) is 36.2 Å². The van der Waals surface area contributed by atoms with Crippen LogP contribution in [0, 0.1) is 11.6 Å². The van der Waals surface area contributed by atoms with Crippen molar-refractivity contribution in [2.75, 3.05) is 19.7 Å². The number of aliphatic carboxylic acids is 1. The lowest BCUT2D eigenvalue weighted by molar-refractivity contribution is -0.142. The summed E-state index contributed by atoms with van der Waals surface area (Å²) in [6, 6.07) is -0.168. The smallest absolute Gasteiger partial charge is 0.480 e. The van der Waals surface area contributed by atoms with Gasteiger partial charge in [0.25, 0.3) is 5.92 Å². The van der Waals surface area contributed by atoms with Gasteiger partial charge >= 0.3 is 12.1 Å². The standard InChI is InChI=1S/C22H20F4N4O5S/c1-2-34-21(33)35-17-14(9-30-10-22(25,26)8-15(30)20(31)32)28-18(19-27-5-6-36-19)29-16(17)12-4-3-11(23)7-13(12)24/h3-7,15-16H,2,8-10H2,1H3,(H,28,29)(H,31,32)/t15-,16+/m0/s1. The zero-order valence-corrected chi connectivity index (χ0v) is 19.5. The number of hydrogen-bond acceptors (Lipinski definition) is 9. The van der Waals surface area contributed by atoms with Crippen molar-refractivity contribution in [3.63, 3.8) is 0 Å². The van der Waals surface area contributed by atoms with E-state index in [0.717, 1.165) is 17.0 Å². The summed E-state index contributed by atoms with van der Waals surface area (Å²) in [6.45, 7) is 0.152. The zero-order chi connectivity index (χ0) is 26.0. The Morgan fingerprint density at radius 3 is 2.75 bits per heavy atom. The number of nitrogens with zero attached hydrogens (tertiary/aromatic N) is 3. The van der Waals surface area contributed by atoms with Crippen LogP contribution in [0.2, 0.25) is 0 Å². The molecule has 2 aliphatic heterocycles. The molecular formula is C22H20F4N4O5S. The maximum atomic E-state index is 14.8.